The van der Waals surface area contributed by atoms with E-state index in [0.717, 1.165) is 12.1 Å². The van der Waals surface area contributed by atoms with E-state index in [1.807, 2.05) is 0 Å². The van der Waals surface area contributed by atoms with Gasteiger partial charge in [-0.3, -0.25) is 0 Å². The van der Waals surface area contributed by atoms with Crippen molar-refractivity contribution in [2.45, 2.75) is 11.3 Å². The summed E-state index contributed by atoms with van der Waals surface area (Å²) in [6.45, 7) is 0. The number of hydrogen-bond donors (Lipinski definition) is 1. The normalized spacial score (nSPS) is 11.7. The van der Waals surface area contributed by atoms with Gasteiger partial charge in [0.25, 0.3) is 0 Å². The van der Waals surface area contributed by atoms with Crippen LogP contribution in [0.5, 0.6) is 0 Å². The molecule has 0 saturated carbocycles. The summed E-state index contributed by atoms with van der Waals surface area (Å²) < 4.78 is 52.2. The van der Waals surface area contributed by atoms with E-state index in [9.17, 15) is 17.6 Å². The zero-order valence-electron chi connectivity index (χ0n) is 12.4. The lowest BCUT2D eigenvalue weighted by Gasteiger charge is -2.08. The van der Waals surface area contributed by atoms with Crippen LogP contribution in [0.4, 0.5) is 17.6 Å². The van der Waals surface area contributed by atoms with Gasteiger partial charge in [-0.1, -0.05) is 23.9 Å². The van der Waals surface area contributed by atoms with Crippen LogP contribution in [-0.2, 0) is 6.18 Å². The average molecular weight is 353 g/mol. The number of alkyl halides is 3. The van der Waals surface area contributed by atoms with Crippen molar-refractivity contribution in [1.82, 2.24) is 15.0 Å². The highest BCUT2D eigenvalue weighted by atomic mass is 32.2. The molecule has 3 aromatic rings. The molecule has 2 heterocycles. The second-order valence-corrected chi connectivity index (χ2v) is 5.71. The van der Waals surface area contributed by atoms with Crippen LogP contribution in [0, 0.1) is 5.95 Å². The number of nitrogens with zero attached hydrogens (tertiary/aromatic N) is 2. The molecule has 1 aromatic carbocycles. The molecular formula is C16H11F4N3S. The predicted octanol–water partition coefficient (Wildman–Crippen LogP) is 5.02. The first-order valence-corrected chi connectivity index (χ1v) is 8.04. The van der Waals surface area contributed by atoms with Crippen LogP contribution in [0.15, 0.2) is 47.8 Å². The van der Waals surface area contributed by atoms with Crippen LogP contribution in [-0.4, -0.2) is 21.2 Å². The van der Waals surface area contributed by atoms with Gasteiger partial charge in [-0.05, 0) is 24.5 Å². The van der Waals surface area contributed by atoms with Crippen molar-refractivity contribution in [3.05, 3.63) is 54.1 Å². The van der Waals surface area contributed by atoms with Crippen molar-refractivity contribution >= 4 is 11.8 Å². The highest BCUT2D eigenvalue weighted by Crippen LogP contribution is 2.36. The number of pyridine rings is 1. The summed E-state index contributed by atoms with van der Waals surface area (Å²) in [6, 6.07) is 7.66. The van der Waals surface area contributed by atoms with E-state index in [0.29, 0.717) is 27.7 Å². The lowest BCUT2D eigenvalue weighted by molar-refractivity contribution is -0.137. The highest BCUT2D eigenvalue weighted by molar-refractivity contribution is 7.98. The molecule has 0 bridgehead atoms. The molecule has 0 saturated heterocycles. The number of aromatic amines is 1. The third kappa shape index (κ3) is 3.28. The second kappa shape index (κ2) is 6.27. The Balaban J connectivity index is 2.16. The molecule has 8 heteroatoms. The van der Waals surface area contributed by atoms with Crippen molar-refractivity contribution in [3.63, 3.8) is 0 Å². The molecule has 2 aromatic heterocycles. The Kier molecular flexibility index (Phi) is 4.31. The topological polar surface area (TPSA) is 41.6 Å². The van der Waals surface area contributed by atoms with Gasteiger partial charge >= 0.3 is 6.18 Å². The Labute approximate surface area is 139 Å². The molecule has 1 N–H and O–H groups in total. The largest absolute Gasteiger partial charge is 0.416 e. The number of imidazole rings is 1. The molecule has 0 radical (unpaired) electrons. The van der Waals surface area contributed by atoms with E-state index in [-0.39, 0.29) is 0 Å². The first-order valence-electron chi connectivity index (χ1n) is 6.82. The van der Waals surface area contributed by atoms with Gasteiger partial charge in [0.1, 0.15) is 0 Å². The third-order valence-corrected chi connectivity index (χ3v) is 3.93. The average Bonchev–Trinajstić information content (AvgIpc) is 2.99. The zero-order valence-corrected chi connectivity index (χ0v) is 13.2. The van der Waals surface area contributed by atoms with Gasteiger partial charge in [-0.25, -0.2) is 9.97 Å². The first-order chi connectivity index (χ1) is 11.4. The molecule has 3 rings (SSSR count). The molecule has 0 aliphatic carbocycles. The van der Waals surface area contributed by atoms with E-state index in [1.165, 1.54) is 36.2 Å². The Bertz CT molecular complexity index is 874. The minimum Gasteiger partial charge on any atom is -0.332 e. The number of nitrogens with one attached hydrogen (secondary N) is 1. The smallest absolute Gasteiger partial charge is 0.332 e. The van der Waals surface area contributed by atoms with Crippen molar-refractivity contribution in [2.75, 3.05) is 6.26 Å². The molecule has 0 unspecified atom stereocenters. The van der Waals surface area contributed by atoms with Gasteiger partial charge in [0.15, 0.2) is 5.16 Å². The summed E-state index contributed by atoms with van der Waals surface area (Å²) in [5.41, 5.74) is 0.771. The molecule has 0 spiro atoms. The minimum absolute atomic E-state index is 0.300. The van der Waals surface area contributed by atoms with Crippen LogP contribution < -0.4 is 0 Å². The highest BCUT2D eigenvalue weighted by Gasteiger charge is 2.31. The molecule has 0 amide bonds. The molecule has 0 aliphatic rings. The fourth-order valence-electron chi connectivity index (χ4n) is 2.27. The zero-order chi connectivity index (χ0) is 17.3. The maximum atomic E-state index is 13.4. The maximum absolute atomic E-state index is 13.4. The van der Waals surface area contributed by atoms with Crippen LogP contribution in [0.1, 0.15) is 5.56 Å². The summed E-state index contributed by atoms with van der Waals surface area (Å²) in [5, 5.41) is 0.523. The standard InChI is InChI=1S/C16H11F4N3S/c1-24-15-22-13(9-3-2-4-11(7-9)16(18,19)20)14(23-15)10-5-6-21-12(17)8-10/h2-8H,1H3,(H,22,23). The third-order valence-electron chi connectivity index (χ3n) is 3.35. The van der Waals surface area contributed by atoms with Crippen molar-refractivity contribution in [1.29, 1.82) is 0 Å². The summed E-state index contributed by atoms with van der Waals surface area (Å²) in [5.74, 6) is -0.678. The first kappa shape index (κ1) is 16.5. The van der Waals surface area contributed by atoms with E-state index in [4.69, 9.17) is 0 Å². The monoisotopic (exact) mass is 353 g/mol. The van der Waals surface area contributed by atoms with Crippen LogP contribution in [0.2, 0.25) is 0 Å². The lowest BCUT2D eigenvalue weighted by Crippen LogP contribution is -2.04. The van der Waals surface area contributed by atoms with Gasteiger partial charge in [0.2, 0.25) is 5.95 Å². The fourth-order valence-corrected chi connectivity index (χ4v) is 2.65. The van der Waals surface area contributed by atoms with Gasteiger partial charge in [0, 0.05) is 23.4 Å². The molecule has 3 nitrogen and oxygen atoms in total. The van der Waals surface area contributed by atoms with Crippen molar-refractivity contribution in [2.24, 2.45) is 0 Å². The minimum atomic E-state index is -4.45. The number of thioether (sulfide) groups is 1. The van der Waals surface area contributed by atoms with Crippen molar-refractivity contribution < 1.29 is 17.6 Å². The summed E-state index contributed by atoms with van der Waals surface area (Å²) in [6.07, 6.45) is -1.37. The van der Waals surface area contributed by atoms with Crippen LogP contribution in [0.25, 0.3) is 22.5 Å². The summed E-state index contributed by atoms with van der Waals surface area (Å²) in [7, 11) is 0. The Hall–Kier alpha value is -2.35. The van der Waals surface area contributed by atoms with Crippen molar-refractivity contribution in [3.8, 4) is 22.5 Å². The number of aromatic nitrogens is 3. The predicted molar refractivity (Wildman–Crippen MR) is 84.0 cm³/mol. The lowest BCUT2D eigenvalue weighted by atomic mass is 10.0. The van der Waals surface area contributed by atoms with Gasteiger partial charge < -0.3 is 4.98 Å². The fraction of sp³-hybridized carbons (Fsp3) is 0.125. The number of hydrogen-bond acceptors (Lipinski definition) is 3. The van der Waals surface area contributed by atoms with E-state index < -0.39 is 17.7 Å². The molecular weight excluding hydrogens is 342 g/mol. The van der Waals surface area contributed by atoms with E-state index in [2.05, 4.69) is 15.0 Å². The molecule has 0 fully saturated rings. The van der Waals surface area contributed by atoms with Gasteiger partial charge in [-0.15, -0.1) is 0 Å². The van der Waals surface area contributed by atoms with Gasteiger partial charge in [-0.2, -0.15) is 17.6 Å². The summed E-state index contributed by atoms with van der Waals surface area (Å²) >= 11 is 1.31. The number of benzene rings is 1. The summed E-state index contributed by atoms with van der Waals surface area (Å²) in [4.78, 5) is 10.8. The van der Waals surface area contributed by atoms with Crippen LogP contribution in [0.3, 0.4) is 0 Å². The molecule has 24 heavy (non-hydrogen) atoms. The maximum Gasteiger partial charge on any atom is 0.416 e. The van der Waals surface area contributed by atoms with E-state index >= 15 is 0 Å². The Morgan fingerprint density at radius 2 is 1.88 bits per heavy atom. The molecule has 124 valence electrons. The Morgan fingerprint density at radius 1 is 1.08 bits per heavy atom. The van der Waals surface area contributed by atoms with Crippen LogP contribution >= 0.6 is 11.8 Å². The number of halogens is 4. The second-order valence-electron chi connectivity index (χ2n) is 4.92. The Morgan fingerprint density at radius 3 is 2.54 bits per heavy atom. The molecule has 0 aliphatic heterocycles. The molecule has 0 atom stereocenters. The van der Waals surface area contributed by atoms with Gasteiger partial charge in [0.05, 0.1) is 17.0 Å². The number of rotatable bonds is 3. The van der Waals surface area contributed by atoms with E-state index in [1.54, 1.807) is 12.3 Å². The quantitative estimate of drug-likeness (QED) is 0.408. The number of H-pyrrole nitrogens is 1. The SMILES string of the molecule is CSc1nc(-c2cccc(C(F)(F)F)c2)c(-c2ccnc(F)c2)[nH]1.